The van der Waals surface area contributed by atoms with E-state index in [-0.39, 0.29) is 0 Å². The second-order valence-corrected chi connectivity index (χ2v) is 3.97. The Hall–Kier alpha value is -0.350. The maximum atomic E-state index is 5.87. The van der Waals surface area contributed by atoms with E-state index < -0.39 is 0 Å². The number of aromatic nitrogens is 1. The number of benzene rings is 1. The predicted octanol–water partition coefficient (Wildman–Crippen LogP) is 3.49. The van der Waals surface area contributed by atoms with Gasteiger partial charge >= 0.3 is 0 Å². The van der Waals surface area contributed by atoms with Crippen molar-refractivity contribution >= 4 is 45.1 Å². The van der Waals surface area contributed by atoms with E-state index in [1.165, 1.54) is 0 Å². The molecule has 1 nitrogen and oxygen atoms in total. The summed E-state index contributed by atoms with van der Waals surface area (Å²) < 4.78 is 0.993. The molecule has 1 heterocycles. The van der Waals surface area contributed by atoms with Crippen molar-refractivity contribution in [3.63, 3.8) is 0 Å². The first-order valence-corrected chi connectivity index (χ1v) is 4.94. The molecule has 2 rings (SSSR count). The molecular weight excluding hydrogens is 284 g/mol. The molecule has 0 radical (unpaired) electrons. The van der Waals surface area contributed by atoms with Crippen LogP contribution in [0.25, 0.3) is 10.9 Å². The first-order valence-electron chi connectivity index (χ1n) is 3.48. The van der Waals surface area contributed by atoms with E-state index in [1.807, 2.05) is 30.3 Å². The first kappa shape index (κ1) is 8.26. The van der Waals surface area contributed by atoms with E-state index in [2.05, 4.69) is 27.6 Å². The number of hydrogen-bond donors (Lipinski definition) is 0. The Bertz CT molecular complexity index is 387. The molecule has 2 aromatic rings. The van der Waals surface area contributed by atoms with E-state index in [0.29, 0.717) is 5.15 Å². The van der Waals surface area contributed by atoms with Crippen molar-refractivity contribution in [3.05, 3.63) is 39.1 Å². The van der Waals surface area contributed by atoms with E-state index in [4.69, 9.17) is 11.6 Å². The van der Waals surface area contributed by atoms with Gasteiger partial charge in [-0.1, -0.05) is 29.8 Å². The lowest BCUT2D eigenvalue weighted by atomic mass is 10.2. The first-order chi connectivity index (χ1) is 5.77. The molecule has 0 saturated heterocycles. The Kier molecular flexibility index (Phi) is 2.19. The third-order valence-electron chi connectivity index (χ3n) is 1.63. The van der Waals surface area contributed by atoms with Gasteiger partial charge in [-0.15, -0.1) is 0 Å². The predicted molar refractivity (Wildman–Crippen MR) is 59.5 cm³/mol. The Morgan fingerprint density at radius 3 is 2.83 bits per heavy atom. The molecule has 1 aromatic heterocycles. The van der Waals surface area contributed by atoms with Crippen LogP contribution in [-0.2, 0) is 0 Å². The Morgan fingerprint density at radius 2 is 2.00 bits per heavy atom. The average molecular weight is 290 g/mol. The van der Waals surface area contributed by atoms with Crippen LogP contribution < -0.4 is 0 Å². The molecule has 0 spiro atoms. The van der Waals surface area contributed by atoms with Crippen LogP contribution in [0, 0.1) is 3.57 Å². The summed E-state index contributed by atoms with van der Waals surface area (Å²) in [5, 5.41) is 1.71. The molecule has 12 heavy (non-hydrogen) atoms. The summed E-state index contributed by atoms with van der Waals surface area (Å²) >= 11 is 8.05. The minimum Gasteiger partial charge on any atom is -0.235 e. The van der Waals surface area contributed by atoms with Gasteiger partial charge < -0.3 is 0 Å². The van der Waals surface area contributed by atoms with Crippen LogP contribution in [0.15, 0.2) is 30.3 Å². The zero-order chi connectivity index (χ0) is 8.55. The highest BCUT2D eigenvalue weighted by atomic mass is 127. The Morgan fingerprint density at radius 1 is 1.25 bits per heavy atom. The van der Waals surface area contributed by atoms with Crippen molar-refractivity contribution in [2.75, 3.05) is 0 Å². The van der Waals surface area contributed by atoms with Gasteiger partial charge in [-0.2, -0.15) is 0 Å². The van der Waals surface area contributed by atoms with Crippen molar-refractivity contribution in [1.82, 2.24) is 4.98 Å². The minimum absolute atomic E-state index is 0.578. The molecule has 0 saturated carbocycles. The largest absolute Gasteiger partial charge is 0.235 e. The van der Waals surface area contributed by atoms with E-state index >= 15 is 0 Å². The summed E-state index contributed by atoms with van der Waals surface area (Å²) in [6.45, 7) is 0. The van der Waals surface area contributed by atoms with Gasteiger partial charge in [-0.3, -0.25) is 0 Å². The van der Waals surface area contributed by atoms with Crippen molar-refractivity contribution in [2.45, 2.75) is 0 Å². The van der Waals surface area contributed by atoms with Gasteiger partial charge in [0.15, 0.2) is 0 Å². The van der Waals surface area contributed by atoms with Gasteiger partial charge in [0.25, 0.3) is 0 Å². The molecule has 0 aliphatic carbocycles. The van der Waals surface area contributed by atoms with E-state index in [9.17, 15) is 0 Å². The van der Waals surface area contributed by atoms with Gasteiger partial charge in [0.2, 0.25) is 0 Å². The average Bonchev–Trinajstić information content (AvgIpc) is 2.07. The number of fused-ring (bicyclic) bond motifs is 1. The molecule has 3 heteroatoms. The lowest BCUT2D eigenvalue weighted by Crippen LogP contribution is -1.82. The zero-order valence-electron chi connectivity index (χ0n) is 6.09. The highest BCUT2D eigenvalue weighted by Gasteiger charge is 1.99. The topological polar surface area (TPSA) is 12.9 Å². The molecule has 1 aromatic carbocycles. The standard InChI is InChI=1S/C9H5ClIN/c10-9-7(11)5-6-3-1-2-4-8(6)12-9/h1-5H. The SMILES string of the molecule is Clc1nc2ccccc2cc1I. The second-order valence-electron chi connectivity index (χ2n) is 2.45. The monoisotopic (exact) mass is 289 g/mol. The van der Waals surface area contributed by atoms with E-state index in [1.54, 1.807) is 0 Å². The van der Waals surface area contributed by atoms with Crippen molar-refractivity contribution in [1.29, 1.82) is 0 Å². The van der Waals surface area contributed by atoms with Gasteiger partial charge in [0.1, 0.15) is 5.15 Å². The van der Waals surface area contributed by atoms with Crippen LogP contribution in [0.5, 0.6) is 0 Å². The molecule has 0 aliphatic heterocycles. The highest BCUT2D eigenvalue weighted by Crippen LogP contribution is 2.21. The number of para-hydroxylation sites is 1. The van der Waals surface area contributed by atoms with Crippen LogP contribution in [0.4, 0.5) is 0 Å². The van der Waals surface area contributed by atoms with Crippen LogP contribution in [0.1, 0.15) is 0 Å². The van der Waals surface area contributed by atoms with Gasteiger partial charge in [0, 0.05) is 5.39 Å². The highest BCUT2D eigenvalue weighted by molar-refractivity contribution is 14.1. The number of hydrogen-bond acceptors (Lipinski definition) is 1. The smallest absolute Gasteiger partial charge is 0.143 e. The van der Waals surface area contributed by atoms with Crippen LogP contribution >= 0.6 is 34.2 Å². The summed E-state index contributed by atoms with van der Waals surface area (Å²) in [5.41, 5.74) is 0.947. The number of rotatable bonds is 0. The molecule has 0 unspecified atom stereocenters. The third-order valence-corrected chi connectivity index (χ3v) is 3.06. The van der Waals surface area contributed by atoms with Crippen molar-refractivity contribution in [3.8, 4) is 0 Å². The number of nitrogens with zero attached hydrogens (tertiary/aromatic N) is 1. The van der Waals surface area contributed by atoms with Gasteiger partial charge in [-0.05, 0) is 34.7 Å². The summed E-state index contributed by atoms with van der Waals surface area (Å²) in [4.78, 5) is 4.23. The Balaban J connectivity index is 2.84. The normalized spacial score (nSPS) is 10.5. The minimum atomic E-state index is 0.578. The maximum absolute atomic E-state index is 5.87. The molecule has 60 valence electrons. The lowest BCUT2D eigenvalue weighted by Gasteiger charge is -1.98. The van der Waals surface area contributed by atoms with Crippen LogP contribution in [0.2, 0.25) is 5.15 Å². The quantitative estimate of drug-likeness (QED) is 0.534. The molecule has 0 fully saturated rings. The van der Waals surface area contributed by atoms with Gasteiger partial charge in [-0.25, -0.2) is 4.98 Å². The third kappa shape index (κ3) is 1.41. The molecule has 0 bridgehead atoms. The molecule has 0 amide bonds. The molecule has 0 N–H and O–H groups in total. The van der Waals surface area contributed by atoms with Crippen LogP contribution in [-0.4, -0.2) is 4.98 Å². The summed E-state index contributed by atoms with van der Waals surface area (Å²) in [6.07, 6.45) is 0. The summed E-state index contributed by atoms with van der Waals surface area (Å²) in [6, 6.07) is 9.97. The fourth-order valence-corrected chi connectivity index (χ4v) is 1.67. The molecule has 0 aliphatic rings. The summed E-state index contributed by atoms with van der Waals surface area (Å²) in [5.74, 6) is 0. The zero-order valence-corrected chi connectivity index (χ0v) is 9.00. The summed E-state index contributed by atoms with van der Waals surface area (Å²) in [7, 11) is 0. The van der Waals surface area contributed by atoms with Crippen molar-refractivity contribution < 1.29 is 0 Å². The molecule has 0 atom stereocenters. The fourth-order valence-electron chi connectivity index (χ4n) is 1.07. The molecular formula is C9H5ClIN. The van der Waals surface area contributed by atoms with Crippen LogP contribution in [0.3, 0.4) is 0 Å². The number of pyridine rings is 1. The lowest BCUT2D eigenvalue weighted by molar-refractivity contribution is 1.39. The number of halogens is 2. The second kappa shape index (κ2) is 3.18. The van der Waals surface area contributed by atoms with Crippen molar-refractivity contribution in [2.24, 2.45) is 0 Å². The maximum Gasteiger partial charge on any atom is 0.143 e. The van der Waals surface area contributed by atoms with E-state index in [0.717, 1.165) is 14.5 Å². The fraction of sp³-hybridized carbons (Fsp3) is 0. The van der Waals surface area contributed by atoms with Gasteiger partial charge in [0.05, 0.1) is 9.09 Å². The Labute approximate surface area is 88.9 Å².